The van der Waals surface area contributed by atoms with Crippen LogP contribution in [0, 0.1) is 0 Å². The Kier molecular flexibility index (Phi) is 6.70. The van der Waals surface area contributed by atoms with Crippen LogP contribution in [0.3, 0.4) is 0 Å². The molecule has 2 aromatic carbocycles. The molecule has 0 amide bonds. The third kappa shape index (κ3) is 5.11. The molecule has 0 radical (unpaired) electrons. The van der Waals surface area contributed by atoms with E-state index in [1.165, 1.54) is 7.11 Å². The molecule has 182 valence electrons. The summed E-state index contributed by atoms with van der Waals surface area (Å²) < 4.78 is 78.3. The highest BCUT2D eigenvalue weighted by Crippen LogP contribution is 2.32. The standard InChI is InChI=1S/C23H23F3N2O5S/c1-32-18-7-8-21-15(11-18)10-16(22(29)27-21)13-28(14-19-5-3-9-33-19)34(30,31)20-6-2-4-17(12-20)23(24,25)26/h2,4,6-8,10-12,19H,3,5,9,13-14H2,1H3,(H,27,29). The number of benzene rings is 2. The van der Waals surface area contributed by atoms with E-state index in [2.05, 4.69) is 4.98 Å². The number of halogens is 3. The van der Waals surface area contributed by atoms with Gasteiger partial charge in [0, 0.05) is 36.2 Å². The topological polar surface area (TPSA) is 88.7 Å². The molecule has 1 N–H and O–H groups in total. The highest BCUT2D eigenvalue weighted by molar-refractivity contribution is 7.89. The van der Waals surface area contributed by atoms with Crippen LogP contribution in [0.2, 0.25) is 0 Å². The van der Waals surface area contributed by atoms with E-state index in [1.54, 1.807) is 24.3 Å². The largest absolute Gasteiger partial charge is 0.497 e. The zero-order valence-corrected chi connectivity index (χ0v) is 19.1. The summed E-state index contributed by atoms with van der Waals surface area (Å²) in [5, 5.41) is 0.627. The van der Waals surface area contributed by atoms with Crippen LogP contribution in [0.1, 0.15) is 24.0 Å². The van der Waals surface area contributed by atoms with Crippen molar-refractivity contribution >= 4 is 20.9 Å². The van der Waals surface area contributed by atoms with E-state index in [1.807, 2.05) is 0 Å². The van der Waals surface area contributed by atoms with Crippen molar-refractivity contribution in [1.29, 1.82) is 0 Å². The summed E-state index contributed by atoms with van der Waals surface area (Å²) in [6.45, 7) is 0.0492. The molecule has 1 unspecified atom stereocenters. The highest BCUT2D eigenvalue weighted by atomic mass is 32.2. The van der Waals surface area contributed by atoms with Gasteiger partial charge in [0.15, 0.2) is 0 Å². The third-order valence-corrected chi connectivity index (χ3v) is 7.51. The fourth-order valence-electron chi connectivity index (χ4n) is 3.91. The van der Waals surface area contributed by atoms with E-state index < -0.39 is 38.3 Å². The smallest absolute Gasteiger partial charge is 0.416 e. The molecule has 1 aliphatic heterocycles. The molecule has 0 saturated carbocycles. The van der Waals surface area contributed by atoms with Crippen molar-refractivity contribution in [3.8, 4) is 5.75 Å². The number of hydrogen-bond donors (Lipinski definition) is 1. The monoisotopic (exact) mass is 496 g/mol. The molecule has 3 aromatic rings. The molecule has 1 fully saturated rings. The van der Waals surface area contributed by atoms with Crippen LogP contribution < -0.4 is 10.3 Å². The Morgan fingerprint density at radius 2 is 1.97 bits per heavy atom. The summed E-state index contributed by atoms with van der Waals surface area (Å²) in [7, 11) is -2.88. The Labute approximate surface area is 194 Å². The van der Waals surface area contributed by atoms with E-state index in [9.17, 15) is 26.4 Å². The van der Waals surface area contributed by atoms with E-state index in [-0.39, 0.29) is 18.7 Å². The average Bonchev–Trinajstić information content (AvgIpc) is 3.31. The van der Waals surface area contributed by atoms with Crippen LogP contribution in [0.5, 0.6) is 5.75 Å². The second kappa shape index (κ2) is 9.40. The van der Waals surface area contributed by atoms with Crippen LogP contribution in [0.15, 0.2) is 58.2 Å². The van der Waals surface area contributed by atoms with Gasteiger partial charge in [0.1, 0.15) is 5.75 Å². The van der Waals surface area contributed by atoms with Crippen molar-refractivity contribution in [2.24, 2.45) is 0 Å². The van der Waals surface area contributed by atoms with E-state index in [0.717, 1.165) is 28.9 Å². The second-order valence-corrected chi connectivity index (χ2v) is 9.97. The lowest BCUT2D eigenvalue weighted by molar-refractivity contribution is -0.137. The fourth-order valence-corrected chi connectivity index (χ4v) is 5.41. The van der Waals surface area contributed by atoms with Gasteiger partial charge in [-0.25, -0.2) is 8.42 Å². The Hall–Kier alpha value is -2.89. The maximum absolute atomic E-state index is 13.4. The molecule has 7 nitrogen and oxygen atoms in total. The number of nitrogens with one attached hydrogen (secondary N) is 1. The SMILES string of the molecule is COc1ccc2[nH]c(=O)c(CN(CC3CCCO3)S(=O)(=O)c3cccc(C(F)(F)F)c3)cc2c1. The zero-order valence-electron chi connectivity index (χ0n) is 18.3. The number of aromatic nitrogens is 1. The Bertz CT molecular complexity index is 1350. The lowest BCUT2D eigenvalue weighted by Crippen LogP contribution is -2.38. The minimum atomic E-state index is -4.69. The summed E-state index contributed by atoms with van der Waals surface area (Å²) in [6, 6.07) is 10.2. The maximum Gasteiger partial charge on any atom is 0.416 e. The van der Waals surface area contributed by atoms with Gasteiger partial charge in [-0.2, -0.15) is 17.5 Å². The average molecular weight is 497 g/mol. The number of methoxy groups -OCH3 is 1. The van der Waals surface area contributed by atoms with E-state index in [0.29, 0.717) is 35.7 Å². The molecule has 11 heteroatoms. The van der Waals surface area contributed by atoms with E-state index in [4.69, 9.17) is 9.47 Å². The molecule has 0 spiro atoms. The van der Waals surface area contributed by atoms with Crippen molar-refractivity contribution in [2.75, 3.05) is 20.3 Å². The van der Waals surface area contributed by atoms with Crippen LogP contribution in [0.4, 0.5) is 13.2 Å². The summed E-state index contributed by atoms with van der Waals surface area (Å²) >= 11 is 0. The second-order valence-electron chi connectivity index (χ2n) is 8.04. The lowest BCUT2D eigenvalue weighted by Gasteiger charge is -2.25. The van der Waals surface area contributed by atoms with Crippen molar-refractivity contribution < 1.29 is 31.1 Å². The predicted octanol–water partition coefficient (Wildman–Crippen LogP) is 3.93. The number of rotatable bonds is 7. The fraction of sp³-hybridized carbons (Fsp3) is 0.348. The van der Waals surface area contributed by atoms with Gasteiger partial charge in [-0.1, -0.05) is 6.07 Å². The van der Waals surface area contributed by atoms with Crippen LogP contribution in [0.25, 0.3) is 10.9 Å². The number of nitrogens with zero attached hydrogens (tertiary/aromatic N) is 1. The molecular weight excluding hydrogens is 473 g/mol. The van der Waals surface area contributed by atoms with Gasteiger partial charge in [0.25, 0.3) is 5.56 Å². The molecule has 2 heterocycles. The Balaban J connectivity index is 1.75. The van der Waals surface area contributed by atoms with Crippen molar-refractivity contribution in [3.63, 3.8) is 0 Å². The molecular formula is C23H23F3N2O5S. The van der Waals surface area contributed by atoms with Crippen LogP contribution in [-0.4, -0.2) is 44.1 Å². The third-order valence-electron chi connectivity index (χ3n) is 5.71. The summed E-state index contributed by atoms with van der Waals surface area (Å²) in [6.07, 6.45) is -3.75. The Morgan fingerprint density at radius 3 is 2.65 bits per heavy atom. The lowest BCUT2D eigenvalue weighted by atomic mass is 10.1. The number of aromatic amines is 1. The first kappa shape index (κ1) is 24.2. The van der Waals surface area contributed by atoms with Gasteiger partial charge in [0.2, 0.25) is 10.0 Å². The molecule has 1 saturated heterocycles. The van der Waals surface area contributed by atoms with Gasteiger partial charge in [-0.05, 0) is 55.3 Å². The van der Waals surface area contributed by atoms with Gasteiger partial charge in [-0.3, -0.25) is 4.79 Å². The summed E-state index contributed by atoms with van der Waals surface area (Å²) in [4.78, 5) is 14.9. The maximum atomic E-state index is 13.4. The minimum Gasteiger partial charge on any atom is -0.497 e. The number of alkyl halides is 3. The first-order valence-corrected chi connectivity index (χ1v) is 12.0. The summed E-state index contributed by atoms with van der Waals surface area (Å²) in [5.74, 6) is 0.554. The van der Waals surface area contributed by atoms with Gasteiger partial charge >= 0.3 is 6.18 Å². The van der Waals surface area contributed by atoms with Gasteiger partial charge in [-0.15, -0.1) is 0 Å². The highest BCUT2D eigenvalue weighted by Gasteiger charge is 2.34. The molecule has 1 aliphatic rings. The quantitative estimate of drug-likeness (QED) is 0.536. The van der Waals surface area contributed by atoms with Crippen LogP contribution >= 0.6 is 0 Å². The minimum absolute atomic E-state index is 0.0891. The molecule has 4 rings (SSSR count). The molecule has 34 heavy (non-hydrogen) atoms. The van der Waals surface area contributed by atoms with Crippen molar-refractivity contribution in [2.45, 2.75) is 36.6 Å². The molecule has 0 aliphatic carbocycles. The van der Waals surface area contributed by atoms with Crippen molar-refractivity contribution in [1.82, 2.24) is 9.29 Å². The number of hydrogen-bond acceptors (Lipinski definition) is 5. The van der Waals surface area contributed by atoms with Crippen LogP contribution in [-0.2, 0) is 27.5 Å². The van der Waals surface area contributed by atoms with E-state index >= 15 is 0 Å². The molecule has 1 aromatic heterocycles. The predicted molar refractivity (Wildman–Crippen MR) is 119 cm³/mol. The number of fused-ring (bicyclic) bond motifs is 1. The first-order chi connectivity index (χ1) is 16.1. The number of ether oxygens (including phenoxy) is 2. The zero-order chi connectivity index (χ0) is 24.5. The normalized spacial score (nSPS) is 16.9. The molecule has 0 bridgehead atoms. The summed E-state index contributed by atoms with van der Waals surface area (Å²) in [5.41, 5.74) is -0.870. The van der Waals surface area contributed by atoms with Crippen molar-refractivity contribution in [3.05, 3.63) is 70.0 Å². The first-order valence-electron chi connectivity index (χ1n) is 10.6. The number of pyridine rings is 1. The Morgan fingerprint density at radius 1 is 1.18 bits per heavy atom. The van der Waals surface area contributed by atoms with Gasteiger partial charge < -0.3 is 14.5 Å². The number of sulfonamides is 1. The van der Waals surface area contributed by atoms with Gasteiger partial charge in [0.05, 0.1) is 23.7 Å². The molecule has 1 atom stereocenters. The number of H-pyrrole nitrogens is 1.